The molecule has 1 aromatic rings. The Morgan fingerprint density at radius 2 is 1.42 bits per heavy atom. The Kier molecular flexibility index (Phi) is 12.6. The van der Waals surface area contributed by atoms with E-state index in [1.54, 1.807) is 6.07 Å². The number of unbranched alkanes of at least 4 members (excludes halogenated alkanes) is 5. The highest BCUT2D eigenvalue weighted by atomic mass is 16.3. The van der Waals surface area contributed by atoms with Gasteiger partial charge >= 0.3 is 0 Å². The smallest absolute Gasteiger partial charge is 0.118 e. The molecule has 0 heterocycles. The average Bonchev–Trinajstić information content (AvgIpc) is 2.45. The third-order valence-electron chi connectivity index (χ3n) is 2.89. The maximum absolute atomic E-state index is 9.55. The number of rotatable bonds is 8. The average molecular weight is 268 g/mol. The molecule has 1 aromatic carbocycles. The molecule has 0 aliphatic carbocycles. The van der Waals surface area contributed by atoms with Crippen LogP contribution < -0.4 is 0 Å². The topological polar surface area (TPSA) is 60.7 Å². The summed E-state index contributed by atoms with van der Waals surface area (Å²) < 4.78 is 0. The molecule has 0 aliphatic heterocycles. The molecule has 0 aromatic heterocycles. The lowest BCUT2D eigenvalue weighted by Gasteiger charge is -2.03. The Hall–Kier alpha value is -1.06. The summed E-state index contributed by atoms with van der Waals surface area (Å²) in [6.07, 6.45) is 8.85. The van der Waals surface area contributed by atoms with Crippen molar-refractivity contribution < 1.29 is 15.3 Å². The van der Waals surface area contributed by atoms with Gasteiger partial charge in [0.1, 0.15) is 5.75 Å². The van der Waals surface area contributed by atoms with Crippen LogP contribution in [-0.4, -0.2) is 28.5 Å². The van der Waals surface area contributed by atoms with E-state index in [9.17, 15) is 5.11 Å². The highest BCUT2D eigenvalue weighted by Gasteiger charge is 1.98. The maximum atomic E-state index is 9.55. The SMILES string of the molecule is CCCCCCCCc1ccccc1O.OCCO. The van der Waals surface area contributed by atoms with E-state index in [0.29, 0.717) is 5.75 Å². The van der Waals surface area contributed by atoms with Crippen molar-refractivity contribution in [2.45, 2.75) is 51.9 Å². The molecule has 0 spiro atoms. The van der Waals surface area contributed by atoms with Crippen molar-refractivity contribution in [3.8, 4) is 5.75 Å². The maximum Gasteiger partial charge on any atom is 0.118 e. The molecule has 0 amide bonds. The van der Waals surface area contributed by atoms with Gasteiger partial charge in [0.15, 0.2) is 0 Å². The van der Waals surface area contributed by atoms with Crippen molar-refractivity contribution in [2.75, 3.05) is 13.2 Å². The van der Waals surface area contributed by atoms with E-state index in [4.69, 9.17) is 10.2 Å². The van der Waals surface area contributed by atoms with Gasteiger partial charge in [0.25, 0.3) is 0 Å². The van der Waals surface area contributed by atoms with E-state index in [1.807, 2.05) is 18.2 Å². The van der Waals surface area contributed by atoms with Crippen LogP contribution in [-0.2, 0) is 6.42 Å². The summed E-state index contributed by atoms with van der Waals surface area (Å²) in [5, 5.41) is 24.8. The van der Waals surface area contributed by atoms with Crippen LogP contribution in [0.4, 0.5) is 0 Å². The molecule has 0 saturated heterocycles. The van der Waals surface area contributed by atoms with Crippen LogP contribution >= 0.6 is 0 Å². The Bertz CT molecular complexity index is 298. The Morgan fingerprint density at radius 1 is 0.842 bits per heavy atom. The largest absolute Gasteiger partial charge is 0.508 e. The van der Waals surface area contributed by atoms with Crippen molar-refractivity contribution >= 4 is 0 Å². The Balaban J connectivity index is 0.000000711. The second kappa shape index (κ2) is 13.4. The summed E-state index contributed by atoms with van der Waals surface area (Å²) in [4.78, 5) is 0. The second-order valence-electron chi connectivity index (χ2n) is 4.59. The van der Waals surface area contributed by atoms with E-state index in [1.165, 1.54) is 38.5 Å². The Morgan fingerprint density at radius 3 is 2.00 bits per heavy atom. The molecule has 0 unspecified atom stereocenters. The van der Waals surface area contributed by atoms with Gasteiger partial charge in [-0.1, -0.05) is 57.2 Å². The summed E-state index contributed by atoms with van der Waals surface area (Å²) in [5.74, 6) is 0.450. The van der Waals surface area contributed by atoms with Crippen LogP contribution in [0.1, 0.15) is 51.0 Å². The lowest BCUT2D eigenvalue weighted by atomic mass is 10.0. The van der Waals surface area contributed by atoms with Crippen LogP contribution in [0.2, 0.25) is 0 Å². The monoisotopic (exact) mass is 268 g/mol. The van der Waals surface area contributed by atoms with E-state index in [2.05, 4.69) is 6.92 Å². The van der Waals surface area contributed by atoms with E-state index >= 15 is 0 Å². The molecule has 3 nitrogen and oxygen atoms in total. The van der Waals surface area contributed by atoms with Gasteiger partial charge in [-0.15, -0.1) is 0 Å². The first kappa shape index (κ1) is 17.9. The highest BCUT2D eigenvalue weighted by molar-refractivity contribution is 5.31. The van der Waals surface area contributed by atoms with Gasteiger partial charge in [-0.05, 0) is 24.5 Å². The van der Waals surface area contributed by atoms with E-state index < -0.39 is 0 Å². The summed E-state index contributed by atoms with van der Waals surface area (Å²) >= 11 is 0. The lowest BCUT2D eigenvalue weighted by molar-refractivity contribution is 0.186. The summed E-state index contributed by atoms with van der Waals surface area (Å²) in [6.45, 7) is 1.99. The van der Waals surface area contributed by atoms with Crippen LogP contribution in [0.25, 0.3) is 0 Å². The summed E-state index contributed by atoms with van der Waals surface area (Å²) in [6, 6.07) is 7.65. The van der Waals surface area contributed by atoms with E-state index in [0.717, 1.165) is 12.0 Å². The number of hydrogen-bond acceptors (Lipinski definition) is 3. The standard InChI is InChI=1S/C14H22O.C2H6O2/c1-2-3-4-5-6-7-10-13-11-8-9-12-14(13)15;3-1-2-4/h8-9,11-12,15H,2-7,10H2,1H3;3-4H,1-2H2. The number of hydrogen-bond donors (Lipinski definition) is 3. The second-order valence-corrected chi connectivity index (χ2v) is 4.59. The molecular weight excluding hydrogens is 240 g/mol. The predicted molar refractivity (Wildman–Crippen MR) is 79.4 cm³/mol. The number of phenolic OH excluding ortho intramolecular Hbond substituents is 1. The molecule has 0 radical (unpaired) electrons. The predicted octanol–water partition coefficient (Wildman–Crippen LogP) is 3.27. The number of aromatic hydroxyl groups is 1. The summed E-state index contributed by atoms with van der Waals surface area (Å²) in [7, 11) is 0. The van der Waals surface area contributed by atoms with Gasteiger partial charge < -0.3 is 15.3 Å². The zero-order chi connectivity index (χ0) is 14.3. The first-order valence-corrected chi connectivity index (χ1v) is 7.24. The zero-order valence-corrected chi connectivity index (χ0v) is 12.0. The van der Waals surface area contributed by atoms with Crippen molar-refractivity contribution in [2.24, 2.45) is 0 Å². The van der Waals surface area contributed by atoms with Crippen LogP contribution in [0, 0.1) is 0 Å². The number of benzene rings is 1. The van der Waals surface area contributed by atoms with E-state index in [-0.39, 0.29) is 13.2 Å². The molecule has 0 aliphatic rings. The van der Waals surface area contributed by atoms with Gasteiger partial charge in [-0.3, -0.25) is 0 Å². The molecule has 0 atom stereocenters. The van der Waals surface area contributed by atoms with Crippen LogP contribution in [0.5, 0.6) is 5.75 Å². The van der Waals surface area contributed by atoms with Gasteiger partial charge in [-0.25, -0.2) is 0 Å². The molecule has 3 N–H and O–H groups in total. The van der Waals surface area contributed by atoms with Crippen molar-refractivity contribution in [1.82, 2.24) is 0 Å². The van der Waals surface area contributed by atoms with Crippen molar-refractivity contribution in [3.05, 3.63) is 29.8 Å². The van der Waals surface area contributed by atoms with Gasteiger partial charge in [-0.2, -0.15) is 0 Å². The number of phenols is 1. The van der Waals surface area contributed by atoms with Crippen molar-refractivity contribution in [1.29, 1.82) is 0 Å². The fraction of sp³-hybridized carbons (Fsp3) is 0.625. The molecule has 1 rings (SSSR count). The molecule has 3 heteroatoms. The third-order valence-corrected chi connectivity index (χ3v) is 2.89. The minimum Gasteiger partial charge on any atom is -0.508 e. The van der Waals surface area contributed by atoms with Gasteiger partial charge in [0.05, 0.1) is 13.2 Å². The molecular formula is C16H28O3. The Labute approximate surface area is 116 Å². The van der Waals surface area contributed by atoms with Crippen LogP contribution in [0.3, 0.4) is 0 Å². The fourth-order valence-electron chi connectivity index (χ4n) is 1.82. The number of para-hydroxylation sites is 1. The quantitative estimate of drug-likeness (QED) is 0.634. The first-order valence-electron chi connectivity index (χ1n) is 7.24. The van der Waals surface area contributed by atoms with Gasteiger partial charge in [0, 0.05) is 0 Å². The zero-order valence-electron chi connectivity index (χ0n) is 12.0. The fourth-order valence-corrected chi connectivity index (χ4v) is 1.82. The number of aliphatic hydroxyl groups is 2. The molecule has 0 bridgehead atoms. The minimum atomic E-state index is -0.125. The number of aliphatic hydroxyl groups excluding tert-OH is 2. The third kappa shape index (κ3) is 10.5. The normalized spacial score (nSPS) is 9.84. The molecule has 0 saturated carbocycles. The highest BCUT2D eigenvalue weighted by Crippen LogP contribution is 2.18. The van der Waals surface area contributed by atoms with Gasteiger partial charge in [0.2, 0.25) is 0 Å². The minimum absolute atomic E-state index is 0.125. The molecule has 110 valence electrons. The first-order chi connectivity index (χ1) is 9.26. The molecule has 0 fully saturated rings. The molecule has 19 heavy (non-hydrogen) atoms. The van der Waals surface area contributed by atoms with Crippen LogP contribution in [0.15, 0.2) is 24.3 Å². The van der Waals surface area contributed by atoms with Crippen molar-refractivity contribution in [3.63, 3.8) is 0 Å². The summed E-state index contributed by atoms with van der Waals surface area (Å²) in [5.41, 5.74) is 1.09. The lowest BCUT2D eigenvalue weighted by Crippen LogP contribution is -1.86. The number of aryl methyl sites for hydroxylation is 1.